The van der Waals surface area contributed by atoms with Crippen LogP contribution in [0.2, 0.25) is 0 Å². The molecule has 2 aliphatic heterocycles. The fourth-order valence-electron chi connectivity index (χ4n) is 3.94. The van der Waals surface area contributed by atoms with E-state index in [1.54, 1.807) is 12.1 Å². The molecule has 6 nitrogen and oxygen atoms in total. The highest BCUT2D eigenvalue weighted by atomic mass is 19.1. The predicted molar refractivity (Wildman–Crippen MR) is 106 cm³/mol. The van der Waals surface area contributed by atoms with Crippen molar-refractivity contribution in [2.45, 2.75) is 13.0 Å². The normalized spacial score (nSPS) is 20.4. The number of benzene rings is 2. The summed E-state index contributed by atoms with van der Waals surface area (Å²) in [5, 5.41) is 2.98. The van der Waals surface area contributed by atoms with Gasteiger partial charge in [-0.15, -0.1) is 0 Å². The molecule has 0 spiro atoms. The van der Waals surface area contributed by atoms with Crippen molar-refractivity contribution in [1.29, 1.82) is 0 Å². The van der Waals surface area contributed by atoms with Crippen LogP contribution < -0.4 is 24.6 Å². The molecule has 0 unspecified atom stereocenters. The first kappa shape index (κ1) is 19.7. The van der Waals surface area contributed by atoms with E-state index in [1.165, 1.54) is 27.5 Å². The van der Waals surface area contributed by atoms with Gasteiger partial charge in [0, 0.05) is 12.1 Å². The Morgan fingerprint density at radius 1 is 0.931 bits per heavy atom. The lowest BCUT2D eigenvalue weighted by Crippen LogP contribution is -3.28. The number of carbonyl (C=O) groups is 1. The fourth-order valence-corrected chi connectivity index (χ4v) is 3.94. The summed E-state index contributed by atoms with van der Waals surface area (Å²) in [6.45, 7) is 6.45. The number of quaternary nitrogens is 2. The highest BCUT2D eigenvalue weighted by Gasteiger charge is 2.25. The lowest BCUT2D eigenvalue weighted by molar-refractivity contribution is -1.02. The number of rotatable bonds is 7. The van der Waals surface area contributed by atoms with Gasteiger partial charge >= 0.3 is 0 Å². The minimum Gasteiger partial charge on any atom is -0.454 e. The lowest BCUT2D eigenvalue weighted by atomic mass is 10.1. The van der Waals surface area contributed by atoms with Crippen molar-refractivity contribution in [1.82, 2.24) is 5.32 Å². The Kier molecular flexibility index (Phi) is 6.27. The number of hydrogen-bond acceptors (Lipinski definition) is 3. The third-order valence-corrected chi connectivity index (χ3v) is 5.61. The molecule has 2 aromatic rings. The fraction of sp³-hybridized carbons (Fsp3) is 0.409. The summed E-state index contributed by atoms with van der Waals surface area (Å²) in [4.78, 5) is 15.1. The van der Waals surface area contributed by atoms with Crippen LogP contribution in [-0.2, 0) is 17.8 Å². The minimum absolute atomic E-state index is 0.0846. The summed E-state index contributed by atoms with van der Waals surface area (Å²) in [5.41, 5.74) is 2.28. The van der Waals surface area contributed by atoms with Gasteiger partial charge in [0.25, 0.3) is 5.91 Å². The SMILES string of the molecule is O=C(C[NH+]1CC[NH+](Cc2ccc3c(c2)OCO3)CC1)NCCc1ccc(F)cc1. The molecule has 2 aliphatic rings. The van der Waals surface area contributed by atoms with E-state index in [-0.39, 0.29) is 11.7 Å². The molecule has 2 heterocycles. The van der Waals surface area contributed by atoms with Crippen molar-refractivity contribution in [3.05, 3.63) is 59.4 Å². The van der Waals surface area contributed by atoms with E-state index < -0.39 is 0 Å². The Labute approximate surface area is 170 Å². The van der Waals surface area contributed by atoms with E-state index in [1.807, 2.05) is 6.07 Å². The number of carbonyl (C=O) groups excluding carboxylic acids is 1. The summed E-state index contributed by atoms with van der Waals surface area (Å²) in [6, 6.07) is 12.6. The molecule has 0 aliphatic carbocycles. The topological polar surface area (TPSA) is 56.4 Å². The molecule has 3 N–H and O–H groups in total. The average molecular weight is 401 g/mol. The Morgan fingerprint density at radius 2 is 1.62 bits per heavy atom. The van der Waals surface area contributed by atoms with Crippen LogP contribution in [0.4, 0.5) is 4.39 Å². The lowest BCUT2D eigenvalue weighted by Gasteiger charge is -2.29. The van der Waals surface area contributed by atoms with E-state index in [0.29, 0.717) is 19.9 Å². The van der Waals surface area contributed by atoms with E-state index in [2.05, 4.69) is 17.4 Å². The molecule has 7 heteroatoms. The number of ether oxygens (including phenoxy) is 2. The Balaban J connectivity index is 1.15. The standard InChI is InChI=1S/C22H26FN3O3/c23-19-4-1-17(2-5-19)7-8-24-22(27)15-26-11-9-25(10-12-26)14-18-3-6-20-21(13-18)29-16-28-20/h1-6,13H,7-12,14-16H2,(H,24,27)/p+2. The molecule has 0 saturated carbocycles. The van der Waals surface area contributed by atoms with Crippen molar-refractivity contribution in [2.75, 3.05) is 46.1 Å². The molecule has 1 fully saturated rings. The van der Waals surface area contributed by atoms with Gasteiger partial charge in [-0.2, -0.15) is 0 Å². The van der Waals surface area contributed by atoms with Crippen molar-refractivity contribution in [3.63, 3.8) is 0 Å². The Bertz CT molecular complexity index is 836. The monoisotopic (exact) mass is 401 g/mol. The second kappa shape index (κ2) is 9.24. The van der Waals surface area contributed by atoms with Gasteiger partial charge in [0.1, 0.15) is 38.5 Å². The molecule has 0 aromatic heterocycles. The van der Waals surface area contributed by atoms with Gasteiger partial charge < -0.3 is 24.6 Å². The van der Waals surface area contributed by atoms with Gasteiger partial charge in [0.15, 0.2) is 18.0 Å². The molecule has 0 bridgehead atoms. The molecule has 4 rings (SSSR count). The number of amides is 1. The van der Waals surface area contributed by atoms with Crippen LogP contribution in [0.25, 0.3) is 0 Å². The van der Waals surface area contributed by atoms with E-state index in [9.17, 15) is 9.18 Å². The number of nitrogens with one attached hydrogen (secondary N) is 3. The van der Waals surface area contributed by atoms with Gasteiger partial charge in [-0.1, -0.05) is 12.1 Å². The first-order valence-corrected chi connectivity index (χ1v) is 10.2. The van der Waals surface area contributed by atoms with Crippen LogP contribution in [0, 0.1) is 5.82 Å². The molecular weight excluding hydrogens is 373 g/mol. The van der Waals surface area contributed by atoms with E-state index in [4.69, 9.17) is 9.47 Å². The van der Waals surface area contributed by atoms with Gasteiger partial charge in [-0.25, -0.2) is 4.39 Å². The maximum Gasteiger partial charge on any atom is 0.275 e. The highest BCUT2D eigenvalue weighted by Crippen LogP contribution is 2.32. The van der Waals surface area contributed by atoms with Crippen LogP contribution in [-0.4, -0.2) is 52.0 Å². The maximum absolute atomic E-state index is 12.9. The number of hydrogen-bond donors (Lipinski definition) is 3. The molecule has 154 valence electrons. The molecule has 29 heavy (non-hydrogen) atoms. The maximum atomic E-state index is 12.9. The quantitative estimate of drug-likeness (QED) is 0.569. The van der Waals surface area contributed by atoms with Crippen LogP contribution in [0.3, 0.4) is 0 Å². The number of halogens is 1. The molecule has 1 saturated heterocycles. The number of fused-ring (bicyclic) bond motifs is 1. The second-order valence-corrected chi connectivity index (χ2v) is 7.77. The summed E-state index contributed by atoms with van der Waals surface area (Å²) < 4.78 is 23.7. The van der Waals surface area contributed by atoms with Crippen molar-refractivity contribution in [3.8, 4) is 11.5 Å². The van der Waals surface area contributed by atoms with Crippen LogP contribution >= 0.6 is 0 Å². The predicted octanol–water partition coefficient (Wildman–Crippen LogP) is -0.803. The zero-order valence-electron chi connectivity index (χ0n) is 16.5. The largest absolute Gasteiger partial charge is 0.454 e. The first-order chi connectivity index (χ1) is 14.2. The Morgan fingerprint density at radius 3 is 2.41 bits per heavy atom. The van der Waals surface area contributed by atoms with Crippen molar-refractivity contribution in [2.24, 2.45) is 0 Å². The third-order valence-electron chi connectivity index (χ3n) is 5.61. The molecule has 0 atom stereocenters. The molecular formula is C22H28FN3O3+2. The van der Waals surface area contributed by atoms with Crippen LogP contribution in [0.15, 0.2) is 42.5 Å². The zero-order chi connectivity index (χ0) is 20.1. The zero-order valence-corrected chi connectivity index (χ0v) is 16.5. The molecule has 1 amide bonds. The van der Waals surface area contributed by atoms with Gasteiger partial charge in [0.2, 0.25) is 6.79 Å². The summed E-state index contributed by atoms with van der Waals surface area (Å²) >= 11 is 0. The summed E-state index contributed by atoms with van der Waals surface area (Å²) in [5.74, 6) is 1.51. The molecule has 2 aromatic carbocycles. The Hall–Kier alpha value is -2.64. The van der Waals surface area contributed by atoms with Gasteiger partial charge in [-0.3, -0.25) is 4.79 Å². The van der Waals surface area contributed by atoms with Crippen LogP contribution in [0.5, 0.6) is 11.5 Å². The first-order valence-electron chi connectivity index (χ1n) is 10.2. The van der Waals surface area contributed by atoms with E-state index in [0.717, 1.165) is 56.2 Å². The minimum atomic E-state index is -0.235. The van der Waals surface area contributed by atoms with Gasteiger partial charge in [0.05, 0.1) is 0 Å². The highest BCUT2D eigenvalue weighted by molar-refractivity contribution is 5.76. The van der Waals surface area contributed by atoms with Crippen molar-refractivity contribution < 1.29 is 28.5 Å². The number of piperazine rings is 1. The summed E-state index contributed by atoms with van der Waals surface area (Å²) in [6.07, 6.45) is 0.717. The van der Waals surface area contributed by atoms with Gasteiger partial charge in [-0.05, 0) is 42.3 Å². The average Bonchev–Trinajstić information content (AvgIpc) is 3.19. The van der Waals surface area contributed by atoms with E-state index >= 15 is 0 Å². The third kappa shape index (κ3) is 5.46. The van der Waals surface area contributed by atoms with Crippen molar-refractivity contribution >= 4 is 5.91 Å². The second-order valence-electron chi connectivity index (χ2n) is 7.77. The smallest absolute Gasteiger partial charge is 0.275 e. The van der Waals surface area contributed by atoms with Crippen LogP contribution in [0.1, 0.15) is 11.1 Å². The molecule has 0 radical (unpaired) electrons. The summed E-state index contributed by atoms with van der Waals surface area (Å²) in [7, 11) is 0.